The van der Waals surface area contributed by atoms with Crippen molar-refractivity contribution in [2.75, 3.05) is 7.05 Å². The van der Waals surface area contributed by atoms with E-state index in [2.05, 4.69) is 31.3 Å². The van der Waals surface area contributed by atoms with Crippen molar-refractivity contribution < 1.29 is 0 Å². The van der Waals surface area contributed by atoms with Crippen LogP contribution in [-0.4, -0.2) is 13.1 Å². The lowest BCUT2D eigenvalue weighted by Gasteiger charge is -2.17. The minimum absolute atomic E-state index is 0.536. The first-order valence-electron chi connectivity index (χ1n) is 6.54. The average Bonchev–Trinajstić information content (AvgIpc) is 2.30. The molecule has 0 aliphatic carbocycles. The molecule has 0 fully saturated rings. The van der Waals surface area contributed by atoms with Crippen LogP contribution in [0.4, 0.5) is 0 Å². The van der Waals surface area contributed by atoms with Crippen LogP contribution in [0.2, 0.25) is 5.02 Å². The largest absolute Gasteiger partial charge is 0.317 e. The Morgan fingerprint density at radius 1 is 1.18 bits per heavy atom. The van der Waals surface area contributed by atoms with E-state index >= 15 is 0 Å². The Morgan fingerprint density at radius 3 is 2.47 bits per heavy atom. The van der Waals surface area contributed by atoms with Gasteiger partial charge in [-0.05, 0) is 37.4 Å². The second-order valence-electron chi connectivity index (χ2n) is 5.11. The van der Waals surface area contributed by atoms with E-state index in [0.717, 1.165) is 17.4 Å². The van der Waals surface area contributed by atoms with E-state index < -0.39 is 0 Å². The SMILES string of the molecule is CNC(CCCC(C)C)Cc1ccccc1Cl. The zero-order chi connectivity index (χ0) is 12.7. The summed E-state index contributed by atoms with van der Waals surface area (Å²) < 4.78 is 0. The van der Waals surface area contributed by atoms with Gasteiger partial charge in [-0.1, -0.05) is 56.5 Å². The Hall–Kier alpha value is -0.530. The molecule has 17 heavy (non-hydrogen) atoms. The molecule has 0 bridgehead atoms. The number of hydrogen-bond acceptors (Lipinski definition) is 1. The number of likely N-dealkylation sites (N-methyl/N-ethyl adjacent to an activating group) is 1. The average molecular weight is 254 g/mol. The molecule has 1 aromatic rings. The molecular weight excluding hydrogens is 230 g/mol. The molecule has 0 aromatic heterocycles. The lowest BCUT2D eigenvalue weighted by atomic mass is 9.98. The van der Waals surface area contributed by atoms with Gasteiger partial charge in [0.05, 0.1) is 0 Å². The van der Waals surface area contributed by atoms with Gasteiger partial charge in [0.1, 0.15) is 0 Å². The fourth-order valence-corrected chi connectivity index (χ4v) is 2.26. The van der Waals surface area contributed by atoms with Crippen molar-refractivity contribution in [3.63, 3.8) is 0 Å². The van der Waals surface area contributed by atoms with Crippen LogP contribution in [0.1, 0.15) is 38.7 Å². The van der Waals surface area contributed by atoms with Crippen LogP contribution < -0.4 is 5.32 Å². The molecule has 1 aromatic carbocycles. The first kappa shape index (κ1) is 14.5. The highest BCUT2D eigenvalue weighted by atomic mass is 35.5. The predicted molar refractivity (Wildman–Crippen MR) is 76.7 cm³/mol. The van der Waals surface area contributed by atoms with E-state index in [0.29, 0.717) is 6.04 Å². The molecule has 0 radical (unpaired) electrons. The maximum atomic E-state index is 6.18. The Kier molecular flexibility index (Phi) is 6.61. The third kappa shape index (κ3) is 5.56. The van der Waals surface area contributed by atoms with Crippen LogP contribution in [0.25, 0.3) is 0 Å². The van der Waals surface area contributed by atoms with Gasteiger partial charge in [-0.2, -0.15) is 0 Å². The molecule has 0 amide bonds. The summed E-state index contributed by atoms with van der Waals surface area (Å²) in [5.41, 5.74) is 1.25. The summed E-state index contributed by atoms with van der Waals surface area (Å²) in [6.07, 6.45) is 4.84. The first-order valence-corrected chi connectivity index (χ1v) is 6.92. The van der Waals surface area contributed by atoms with E-state index in [1.54, 1.807) is 0 Å². The molecule has 1 nitrogen and oxygen atoms in total. The Labute approximate surface area is 111 Å². The smallest absolute Gasteiger partial charge is 0.0438 e. The van der Waals surface area contributed by atoms with Gasteiger partial charge in [0.25, 0.3) is 0 Å². The summed E-state index contributed by atoms with van der Waals surface area (Å²) in [6.45, 7) is 4.56. The summed E-state index contributed by atoms with van der Waals surface area (Å²) >= 11 is 6.18. The normalized spacial score (nSPS) is 13.0. The molecule has 1 rings (SSSR count). The molecule has 0 aliphatic heterocycles. The summed E-state index contributed by atoms with van der Waals surface area (Å²) in [7, 11) is 2.04. The van der Waals surface area contributed by atoms with Crippen LogP contribution in [0.3, 0.4) is 0 Å². The van der Waals surface area contributed by atoms with Crippen LogP contribution in [0.15, 0.2) is 24.3 Å². The number of halogens is 1. The minimum Gasteiger partial charge on any atom is -0.317 e. The van der Waals surface area contributed by atoms with Gasteiger partial charge in [-0.15, -0.1) is 0 Å². The van der Waals surface area contributed by atoms with Gasteiger partial charge in [0.2, 0.25) is 0 Å². The summed E-state index contributed by atoms with van der Waals surface area (Å²) in [5, 5.41) is 4.28. The standard InChI is InChI=1S/C15H24ClN/c1-12(2)7-6-9-14(17-3)11-13-8-4-5-10-15(13)16/h4-5,8,10,12,14,17H,6-7,9,11H2,1-3H3. The van der Waals surface area contributed by atoms with Crippen LogP contribution in [-0.2, 0) is 6.42 Å². The lowest BCUT2D eigenvalue weighted by molar-refractivity contribution is 0.457. The molecular formula is C15H24ClN. The van der Waals surface area contributed by atoms with Crippen LogP contribution >= 0.6 is 11.6 Å². The third-order valence-corrected chi connectivity index (χ3v) is 3.54. The van der Waals surface area contributed by atoms with Gasteiger partial charge in [0, 0.05) is 11.1 Å². The van der Waals surface area contributed by atoms with Crippen molar-refractivity contribution in [2.24, 2.45) is 5.92 Å². The quantitative estimate of drug-likeness (QED) is 0.764. The maximum absolute atomic E-state index is 6.18. The van der Waals surface area contributed by atoms with Gasteiger partial charge >= 0.3 is 0 Å². The van der Waals surface area contributed by atoms with E-state index in [9.17, 15) is 0 Å². The topological polar surface area (TPSA) is 12.0 Å². The van der Waals surface area contributed by atoms with Gasteiger partial charge < -0.3 is 5.32 Å². The summed E-state index contributed by atoms with van der Waals surface area (Å²) in [6, 6.07) is 8.67. The molecule has 0 saturated carbocycles. The van der Waals surface area contributed by atoms with Crippen molar-refractivity contribution >= 4 is 11.6 Å². The monoisotopic (exact) mass is 253 g/mol. The fourth-order valence-electron chi connectivity index (χ4n) is 2.05. The van der Waals surface area contributed by atoms with Gasteiger partial charge in [-0.3, -0.25) is 0 Å². The van der Waals surface area contributed by atoms with E-state index in [1.165, 1.54) is 24.8 Å². The van der Waals surface area contributed by atoms with E-state index in [4.69, 9.17) is 11.6 Å². The molecule has 2 heteroatoms. The molecule has 96 valence electrons. The second-order valence-corrected chi connectivity index (χ2v) is 5.51. The Balaban J connectivity index is 2.44. The van der Waals surface area contributed by atoms with Crippen molar-refractivity contribution in [3.05, 3.63) is 34.9 Å². The number of rotatable bonds is 7. The van der Waals surface area contributed by atoms with Gasteiger partial charge in [0.15, 0.2) is 0 Å². The van der Waals surface area contributed by atoms with Gasteiger partial charge in [-0.25, -0.2) is 0 Å². The highest BCUT2D eigenvalue weighted by molar-refractivity contribution is 6.31. The molecule has 0 saturated heterocycles. The van der Waals surface area contributed by atoms with E-state index in [1.807, 2.05) is 19.2 Å². The van der Waals surface area contributed by atoms with Crippen molar-refractivity contribution in [2.45, 2.75) is 45.6 Å². The van der Waals surface area contributed by atoms with E-state index in [-0.39, 0.29) is 0 Å². The molecule has 1 unspecified atom stereocenters. The maximum Gasteiger partial charge on any atom is 0.0438 e. The molecule has 0 heterocycles. The summed E-state index contributed by atoms with van der Waals surface area (Å²) in [5.74, 6) is 0.799. The van der Waals surface area contributed by atoms with Crippen LogP contribution in [0.5, 0.6) is 0 Å². The van der Waals surface area contributed by atoms with Crippen molar-refractivity contribution in [1.29, 1.82) is 0 Å². The van der Waals surface area contributed by atoms with Crippen molar-refractivity contribution in [3.8, 4) is 0 Å². The highest BCUT2D eigenvalue weighted by Crippen LogP contribution is 2.18. The number of nitrogens with one attached hydrogen (secondary N) is 1. The third-order valence-electron chi connectivity index (χ3n) is 3.17. The van der Waals surface area contributed by atoms with Crippen molar-refractivity contribution in [1.82, 2.24) is 5.32 Å². The zero-order valence-electron chi connectivity index (χ0n) is 11.2. The number of benzene rings is 1. The first-order chi connectivity index (χ1) is 8.13. The Morgan fingerprint density at radius 2 is 1.88 bits per heavy atom. The predicted octanol–water partition coefficient (Wildman–Crippen LogP) is 4.30. The second kappa shape index (κ2) is 7.73. The fraction of sp³-hybridized carbons (Fsp3) is 0.600. The molecule has 1 atom stereocenters. The minimum atomic E-state index is 0.536. The highest BCUT2D eigenvalue weighted by Gasteiger charge is 2.09. The summed E-state index contributed by atoms with van der Waals surface area (Å²) in [4.78, 5) is 0. The lowest BCUT2D eigenvalue weighted by Crippen LogP contribution is -2.27. The molecule has 0 aliphatic rings. The molecule has 1 N–H and O–H groups in total. The Bertz CT molecular complexity index is 322. The zero-order valence-corrected chi connectivity index (χ0v) is 11.9. The number of hydrogen-bond donors (Lipinski definition) is 1. The van der Waals surface area contributed by atoms with Crippen LogP contribution in [0, 0.1) is 5.92 Å². The molecule has 0 spiro atoms.